The Balaban J connectivity index is 3.01. The molecule has 0 N–H and O–H groups in total. The summed E-state index contributed by atoms with van der Waals surface area (Å²) in [7, 11) is 0. The Labute approximate surface area is 76.8 Å². The average Bonchev–Trinajstić information content (AvgIpc) is 2.18. The molecule has 0 aromatic carbocycles. The number of nitrogens with zero attached hydrogens (tertiary/aromatic N) is 1. The van der Waals surface area contributed by atoms with Crippen molar-refractivity contribution >= 4 is 5.97 Å². The SMILES string of the molecule is C#Cc1cnccc1C(=O)OCC. The van der Waals surface area contributed by atoms with E-state index in [1.165, 1.54) is 12.4 Å². The third-order valence-electron chi connectivity index (χ3n) is 1.47. The van der Waals surface area contributed by atoms with Gasteiger partial charge < -0.3 is 4.74 Å². The van der Waals surface area contributed by atoms with Crippen LogP contribution in [0.2, 0.25) is 0 Å². The molecule has 0 bridgehead atoms. The van der Waals surface area contributed by atoms with E-state index in [1.807, 2.05) is 0 Å². The van der Waals surface area contributed by atoms with Gasteiger partial charge in [-0.15, -0.1) is 6.42 Å². The molecule has 1 aromatic heterocycles. The molecule has 3 heteroatoms. The Bertz CT molecular complexity index is 352. The molecule has 1 aromatic rings. The number of hydrogen-bond donors (Lipinski definition) is 0. The van der Waals surface area contributed by atoms with Crippen molar-refractivity contribution in [1.82, 2.24) is 4.98 Å². The van der Waals surface area contributed by atoms with E-state index in [-0.39, 0.29) is 0 Å². The number of hydrogen-bond acceptors (Lipinski definition) is 3. The number of terminal acetylenes is 1. The summed E-state index contributed by atoms with van der Waals surface area (Å²) < 4.78 is 4.81. The van der Waals surface area contributed by atoms with Gasteiger partial charge in [-0.05, 0) is 13.0 Å². The summed E-state index contributed by atoms with van der Waals surface area (Å²) in [6.45, 7) is 2.08. The fourth-order valence-corrected chi connectivity index (χ4v) is 0.896. The van der Waals surface area contributed by atoms with Crippen LogP contribution in [0, 0.1) is 12.3 Å². The molecule has 0 fully saturated rings. The molecular weight excluding hydrogens is 166 g/mol. The Morgan fingerprint density at radius 1 is 1.77 bits per heavy atom. The number of esters is 1. The van der Waals surface area contributed by atoms with Crippen LogP contribution in [-0.4, -0.2) is 17.6 Å². The van der Waals surface area contributed by atoms with Crippen LogP contribution in [0.3, 0.4) is 0 Å². The normalized spacial score (nSPS) is 8.92. The van der Waals surface area contributed by atoms with E-state index >= 15 is 0 Å². The first-order valence-corrected chi connectivity index (χ1v) is 3.87. The van der Waals surface area contributed by atoms with Crippen molar-refractivity contribution in [3.63, 3.8) is 0 Å². The molecule has 0 aliphatic carbocycles. The molecule has 0 aliphatic rings. The smallest absolute Gasteiger partial charge is 0.339 e. The van der Waals surface area contributed by atoms with Gasteiger partial charge in [-0.2, -0.15) is 0 Å². The highest BCUT2D eigenvalue weighted by atomic mass is 16.5. The van der Waals surface area contributed by atoms with E-state index in [0.29, 0.717) is 17.7 Å². The molecule has 0 unspecified atom stereocenters. The van der Waals surface area contributed by atoms with Crippen LogP contribution >= 0.6 is 0 Å². The van der Waals surface area contributed by atoms with E-state index in [9.17, 15) is 4.79 Å². The van der Waals surface area contributed by atoms with E-state index in [0.717, 1.165) is 0 Å². The minimum atomic E-state index is -0.405. The maximum Gasteiger partial charge on any atom is 0.339 e. The summed E-state index contributed by atoms with van der Waals surface area (Å²) >= 11 is 0. The summed E-state index contributed by atoms with van der Waals surface area (Å²) in [6, 6.07) is 1.55. The second kappa shape index (κ2) is 4.27. The molecule has 0 saturated carbocycles. The van der Waals surface area contributed by atoms with E-state index in [1.54, 1.807) is 13.0 Å². The van der Waals surface area contributed by atoms with E-state index in [4.69, 9.17) is 11.2 Å². The van der Waals surface area contributed by atoms with E-state index in [2.05, 4.69) is 10.9 Å². The summed E-state index contributed by atoms with van der Waals surface area (Å²) in [5, 5.41) is 0. The van der Waals surface area contributed by atoms with Crippen molar-refractivity contribution in [2.75, 3.05) is 6.61 Å². The van der Waals surface area contributed by atoms with Crippen molar-refractivity contribution in [3.05, 3.63) is 29.6 Å². The fraction of sp³-hybridized carbons (Fsp3) is 0.200. The van der Waals surface area contributed by atoms with Crippen LogP contribution in [0.15, 0.2) is 18.5 Å². The lowest BCUT2D eigenvalue weighted by Crippen LogP contribution is -2.06. The van der Waals surface area contributed by atoms with Gasteiger partial charge in [0, 0.05) is 12.4 Å². The number of aromatic nitrogens is 1. The van der Waals surface area contributed by atoms with Gasteiger partial charge >= 0.3 is 5.97 Å². The van der Waals surface area contributed by atoms with Crippen LogP contribution in [-0.2, 0) is 4.74 Å². The van der Waals surface area contributed by atoms with Crippen molar-refractivity contribution in [2.24, 2.45) is 0 Å². The summed E-state index contributed by atoms with van der Waals surface area (Å²) in [6.07, 6.45) is 8.16. The molecule has 0 amide bonds. The van der Waals surface area contributed by atoms with Gasteiger partial charge in [-0.25, -0.2) is 4.79 Å². The van der Waals surface area contributed by atoms with Gasteiger partial charge in [-0.1, -0.05) is 5.92 Å². The fourth-order valence-electron chi connectivity index (χ4n) is 0.896. The molecule has 0 radical (unpaired) electrons. The third kappa shape index (κ3) is 2.06. The number of pyridine rings is 1. The van der Waals surface area contributed by atoms with Gasteiger partial charge in [0.1, 0.15) is 0 Å². The Morgan fingerprint density at radius 2 is 2.54 bits per heavy atom. The maximum absolute atomic E-state index is 11.3. The van der Waals surface area contributed by atoms with Gasteiger partial charge in [0.15, 0.2) is 0 Å². The minimum Gasteiger partial charge on any atom is -0.462 e. The summed E-state index contributed by atoms with van der Waals surface area (Å²) in [4.78, 5) is 15.1. The predicted molar refractivity (Wildman–Crippen MR) is 48.1 cm³/mol. The number of carbonyl (C=O) groups is 1. The van der Waals surface area contributed by atoms with Crippen LogP contribution in [0.4, 0.5) is 0 Å². The topological polar surface area (TPSA) is 39.2 Å². The maximum atomic E-state index is 11.3. The third-order valence-corrected chi connectivity index (χ3v) is 1.47. The van der Waals surface area contributed by atoms with Gasteiger partial charge in [0.05, 0.1) is 17.7 Å². The monoisotopic (exact) mass is 175 g/mol. The predicted octanol–water partition coefficient (Wildman–Crippen LogP) is 1.24. The second-order valence-corrected chi connectivity index (χ2v) is 2.29. The first-order valence-electron chi connectivity index (χ1n) is 3.87. The molecule has 3 nitrogen and oxygen atoms in total. The number of ether oxygens (including phenoxy) is 1. The molecule has 0 spiro atoms. The second-order valence-electron chi connectivity index (χ2n) is 2.29. The standard InChI is InChI=1S/C10H9NO2/c1-3-8-7-11-6-5-9(8)10(12)13-4-2/h1,5-7H,4H2,2H3. The molecule has 0 aliphatic heterocycles. The minimum absolute atomic E-state index is 0.338. The molecule has 0 atom stereocenters. The summed E-state index contributed by atoms with van der Waals surface area (Å²) in [5.74, 6) is 1.97. The molecule has 1 rings (SSSR count). The lowest BCUT2D eigenvalue weighted by Gasteiger charge is -2.02. The average molecular weight is 175 g/mol. The van der Waals surface area contributed by atoms with Crippen molar-refractivity contribution < 1.29 is 9.53 Å². The van der Waals surface area contributed by atoms with Crippen LogP contribution < -0.4 is 0 Å². The zero-order valence-corrected chi connectivity index (χ0v) is 7.28. The Morgan fingerprint density at radius 3 is 3.15 bits per heavy atom. The molecular formula is C10H9NO2. The van der Waals surface area contributed by atoms with Gasteiger partial charge in [0.25, 0.3) is 0 Å². The molecule has 1 heterocycles. The van der Waals surface area contributed by atoms with Crippen LogP contribution in [0.5, 0.6) is 0 Å². The highest BCUT2D eigenvalue weighted by Crippen LogP contribution is 2.06. The van der Waals surface area contributed by atoms with Crippen LogP contribution in [0.25, 0.3) is 0 Å². The van der Waals surface area contributed by atoms with Crippen LogP contribution in [0.1, 0.15) is 22.8 Å². The number of rotatable bonds is 2. The van der Waals surface area contributed by atoms with Gasteiger partial charge in [-0.3, -0.25) is 4.98 Å². The largest absolute Gasteiger partial charge is 0.462 e. The Hall–Kier alpha value is -1.82. The zero-order valence-electron chi connectivity index (χ0n) is 7.28. The Kier molecular flexibility index (Phi) is 3.04. The number of carbonyl (C=O) groups excluding carboxylic acids is 1. The first-order chi connectivity index (χ1) is 6.29. The molecule has 66 valence electrons. The highest BCUT2D eigenvalue weighted by Gasteiger charge is 2.09. The van der Waals surface area contributed by atoms with Crippen molar-refractivity contribution in [1.29, 1.82) is 0 Å². The zero-order chi connectivity index (χ0) is 9.68. The molecule has 13 heavy (non-hydrogen) atoms. The lowest BCUT2D eigenvalue weighted by molar-refractivity contribution is 0.0526. The first kappa shape index (κ1) is 9.27. The van der Waals surface area contributed by atoms with Crippen molar-refractivity contribution in [2.45, 2.75) is 6.92 Å². The summed E-state index contributed by atoms with van der Waals surface area (Å²) in [5.41, 5.74) is 0.848. The van der Waals surface area contributed by atoms with Gasteiger partial charge in [0.2, 0.25) is 0 Å². The van der Waals surface area contributed by atoms with Crippen molar-refractivity contribution in [3.8, 4) is 12.3 Å². The quantitative estimate of drug-likeness (QED) is 0.501. The lowest BCUT2D eigenvalue weighted by atomic mass is 10.1. The highest BCUT2D eigenvalue weighted by molar-refractivity contribution is 5.92. The molecule has 0 saturated heterocycles. The van der Waals surface area contributed by atoms with E-state index < -0.39 is 5.97 Å².